The van der Waals surface area contributed by atoms with Crippen molar-refractivity contribution in [2.75, 3.05) is 0 Å². The van der Waals surface area contributed by atoms with Crippen LogP contribution >= 0.6 is 0 Å². The van der Waals surface area contributed by atoms with E-state index in [4.69, 9.17) is 8.83 Å². The monoisotopic (exact) mass is 205 g/mol. The highest BCUT2D eigenvalue weighted by Gasteiger charge is 2.09. The number of hydrogen-bond acceptors (Lipinski definition) is 3. The lowest BCUT2D eigenvalue weighted by molar-refractivity contribution is 0.406. The summed E-state index contributed by atoms with van der Waals surface area (Å²) in [4.78, 5) is 0. The third-order valence-electron chi connectivity index (χ3n) is 2.51. The average Bonchev–Trinajstić information content (AvgIpc) is 2.85. The second-order valence-corrected chi connectivity index (χ2v) is 3.64. The summed E-state index contributed by atoms with van der Waals surface area (Å²) in [5.74, 6) is 1.92. The van der Waals surface area contributed by atoms with Gasteiger partial charge in [0, 0.05) is 0 Å². The lowest BCUT2D eigenvalue weighted by Gasteiger charge is -2.09. The molecule has 0 saturated heterocycles. The molecule has 0 unspecified atom stereocenters. The fourth-order valence-electron chi connectivity index (χ4n) is 1.47. The fourth-order valence-corrected chi connectivity index (χ4v) is 1.47. The van der Waals surface area contributed by atoms with Crippen molar-refractivity contribution < 1.29 is 8.83 Å². The molecule has 0 saturated carbocycles. The van der Waals surface area contributed by atoms with Crippen LogP contribution in [0.3, 0.4) is 0 Å². The van der Waals surface area contributed by atoms with Crippen molar-refractivity contribution in [3.05, 3.63) is 47.8 Å². The Balaban J connectivity index is 1.91. The molecule has 15 heavy (non-hydrogen) atoms. The van der Waals surface area contributed by atoms with Crippen molar-refractivity contribution in [1.82, 2.24) is 5.32 Å². The van der Waals surface area contributed by atoms with Crippen LogP contribution in [-0.2, 0) is 6.54 Å². The molecule has 80 valence electrons. The van der Waals surface area contributed by atoms with Crippen LogP contribution in [0.2, 0.25) is 0 Å². The zero-order valence-electron chi connectivity index (χ0n) is 8.99. The van der Waals surface area contributed by atoms with Gasteiger partial charge in [-0.25, -0.2) is 0 Å². The summed E-state index contributed by atoms with van der Waals surface area (Å²) in [6, 6.07) is 6.02. The van der Waals surface area contributed by atoms with E-state index in [1.807, 2.05) is 25.1 Å². The number of rotatable bonds is 4. The first-order valence-corrected chi connectivity index (χ1v) is 5.07. The summed E-state index contributed by atoms with van der Waals surface area (Å²) in [6.07, 6.45) is 3.40. The Kier molecular flexibility index (Phi) is 2.92. The molecule has 0 aliphatic carbocycles. The molecular weight excluding hydrogens is 190 g/mol. The van der Waals surface area contributed by atoms with Gasteiger partial charge in [0.1, 0.15) is 11.5 Å². The van der Waals surface area contributed by atoms with Crippen LogP contribution in [-0.4, -0.2) is 0 Å². The molecule has 0 bridgehead atoms. The van der Waals surface area contributed by atoms with Crippen molar-refractivity contribution in [3.8, 4) is 0 Å². The van der Waals surface area contributed by atoms with Gasteiger partial charge in [-0.1, -0.05) is 0 Å². The number of aryl methyl sites for hydroxylation is 1. The van der Waals surface area contributed by atoms with Gasteiger partial charge < -0.3 is 14.2 Å². The molecule has 0 aliphatic heterocycles. The van der Waals surface area contributed by atoms with Crippen LogP contribution in [0.5, 0.6) is 0 Å². The Labute approximate surface area is 89.1 Å². The van der Waals surface area contributed by atoms with Crippen molar-refractivity contribution >= 4 is 0 Å². The van der Waals surface area contributed by atoms with Crippen LogP contribution in [0.25, 0.3) is 0 Å². The molecule has 3 nitrogen and oxygen atoms in total. The maximum Gasteiger partial charge on any atom is 0.120 e. The minimum absolute atomic E-state index is 0.199. The fraction of sp³-hybridized carbons (Fsp3) is 0.333. The van der Waals surface area contributed by atoms with Gasteiger partial charge in [0.2, 0.25) is 0 Å². The van der Waals surface area contributed by atoms with Gasteiger partial charge in [-0.05, 0) is 37.6 Å². The Morgan fingerprint density at radius 3 is 2.73 bits per heavy atom. The van der Waals surface area contributed by atoms with Gasteiger partial charge >= 0.3 is 0 Å². The molecule has 0 radical (unpaired) electrons. The van der Waals surface area contributed by atoms with Crippen LogP contribution in [0, 0.1) is 6.92 Å². The summed E-state index contributed by atoms with van der Waals surface area (Å²) in [5, 5.41) is 3.34. The summed E-state index contributed by atoms with van der Waals surface area (Å²) in [5.41, 5.74) is 1.18. The largest absolute Gasteiger partial charge is 0.468 e. The van der Waals surface area contributed by atoms with Crippen molar-refractivity contribution in [2.24, 2.45) is 0 Å². The maximum absolute atomic E-state index is 5.34. The van der Waals surface area contributed by atoms with Crippen LogP contribution in [0.15, 0.2) is 39.6 Å². The van der Waals surface area contributed by atoms with E-state index in [1.165, 1.54) is 5.56 Å². The molecule has 0 aromatic carbocycles. The molecule has 3 heteroatoms. The number of hydrogen-bond donors (Lipinski definition) is 1. The summed E-state index contributed by atoms with van der Waals surface area (Å²) in [7, 11) is 0. The second-order valence-electron chi connectivity index (χ2n) is 3.64. The molecule has 0 fully saturated rings. The lowest BCUT2D eigenvalue weighted by atomic mass is 10.2. The van der Waals surface area contributed by atoms with Gasteiger partial charge in [-0.15, -0.1) is 0 Å². The highest BCUT2D eigenvalue weighted by molar-refractivity contribution is 5.14. The van der Waals surface area contributed by atoms with Crippen LogP contribution < -0.4 is 5.32 Å². The lowest BCUT2D eigenvalue weighted by Crippen LogP contribution is -2.17. The van der Waals surface area contributed by atoms with Gasteiger partial charge in [-0.3, -0.25) is 0 Å². The van der Waals surface area contributed by atoms with Gasteiger partial charge in [-0.2, -0.15) is 0 Å². The molecule has 0 amide bonds. The van der Waals surface area contributed by atoms with Gasteiger partial charge in [0.05, 0.1) is 25.1 Å². The molecule has 2 rings (SSSR count). The maximum atomic E-state index is 5.34. The van der Waals surface area contributed by atoms with Crippen molar-refractivity contribution in [1.29, 1.82) is 0 Å². The van der Waals surface area contributed by atoms with Crippen molar-refractivity contribution in [2.45, 2.75) is 26.4 Å². The molecule has 2 aromatic rings. The standard InChI is InChI=1S/C12H15NO2/c1-9-5-7-15-12(9)8-13-10(2)11-4-3-6-14-11/h3-7,10,13H,8H2,1-2H3/t10-/m0/s1. The number of nitrogens with one attached hydrogen (secondary N) is 1. The summed E-state index contributed by atoms with van der Waals surface area (Å²) < 4.78 is 10.6. The quantitative estimate of drug-likeness (QED) is 0.833. The van der Waals surface area contributed by atoms with Gasteiger partial charge in [0.15, 0.2) is 0 Å². The zero-order chi connectivity index (χ0) is 10.7. The molecule has 0 spiro atoms. The first-order chi connectivity index (χ1) is 7.27. The van der Waals surface area contributed by atoms with E-state index < -0.39 is 0 Å². The minimum atomic E-state index is 0.199. The van der Waals surface area contributed by atoms with Gasteiger partial charge in [0.25, 0.3) is 0 Å². The molecule has 2 aromatic heterocycles. The van der Waals surface area contributed by atoms with E-state index in [0.29, 0.717) is 0 Å². The SMILES string of the molecule is Cc1ccoc1CN[C@@H](C)c1ccco1. The Morgan fingerprint density at radius 2 is 2.13 bits per heavy atom. The van der Waals surface area contributed by atoms with E-state index in [2.05, 4.69) is 12.2 Å². The summed E-state index contributed by atoms with van der Waals surface area (Å²) in [6.45, 7) is 4.83. The molecule has 0 aliphatic rings. The third-order valence-corrected chi connectivity index (χ3v) is 2.51. The summed E-state index contributed by atoms with van der Waals surface area (Å²) >= 11 is 0. The van der Waals surface area contributed by atoms with Crippen LogP contribution in [0.1, 0.15) is 30.0 Å². The molecule has 1 atom stereocenters. The van der Waals surface area contributed by atoms with Crippen LogP contribution in [0.4, 0.5) is 0 Å². The highest BCUT2D eigenvalue weighted by Crippen LogP contribution is 2.14. The first kappa shape index (κ1) is 10.1. The molecular formula is C12H15NO2. The smallest absolute Gasteiger partial charge is 0.120 e. The molecule has 2 heterocycles. The Morgan fingerprint density at radius 1 is 1.27 bits per heavy atom. The van der Waals surface area contributed by atoms with Crippen molar-refractivity contribution in [3.63, 3.8) is 0 Å². The minimum Gasteiger partial charge on any atom is -0.468 e. The molecule has 1 N–H and O–H groups in total. The first-order valence-electron chi connectivity index (χ1n) is 5.07. The van der Waals surface area contributed by atoms with E-state index >= 15 is 0 Å². The second kappa shape index (κ2) is 4.36. The third kappa shape index (κ3) is 2.30. The zero-order valence-corrected chi connectivity index (χ0v) is 8.99. The predicted octanol–water partition coefficient (Wildman–Crippen LogP) is 3.03. The average molecular weight is 205 g/mol. The predicted molar refractivity (Wildman–Crippen MR) is 57.4 cm³/mol. The highest BCUT2D eigenvalue weighted by atomic mass is 16.3. The van der Waals surface area contributed by atoms with E-state index in [1.54, 1.807) is 12.5 Å². The Hall–Kier alpha value is -1.48. The van der Waals surface area contributed by atoms with E-state index in [-0.39, 0.29) is 6.04 Å². The van der Waals surface area contributed by atoms with E-state index in [0.717, 1.165) is 18.1 Å². The Bertz CT molecular complexity index is 403. The number of furan rings is 2. The topological polar surface area (TPSA) is 38.3 Å². The van der Waals surface area contributed by atoms with E-state index in [9.17, 15) is 0 Å². The normalized spacial score (nSPS) is 12.9.